The van der Waals surface area contributed by atoms with Crippen molar-refractivity contribution >= 4 is 25.3 Å². The van der Waals surface area contributed by atoms with Gasteiger partial charge in [0.2, 0.25) is 11.8 Å². The summed E-state index contributed by atoms with van der Waals surface area (Å²) in [5, 5.41) is 32.6. The minimum Gasteiger partial charge on any atom is -0.461 e. The SMILES string of the molecule is CCC(F)(C[C@H]1O[C@@H](n2cc(COC(C)=O)c(NC(C)=O)nc2=O)[C@H](O)[C@@H]1O)OP(=O)(O)C(C)O. The number of amides is 1. The minimum absolute atomic E-state index is 0.0543. The average molecular weight is 525 g/mol. The Morgan fingerprint density at radius 1 is 1.37 bits per heavy atom. The van der Waals surface area contributed by atoms with Crippen molar-refractivity contribution in [3.8, 4) is 0 Å². The highest BCUT2D eigenvalue weighted by Crippen LogP contribution is 2.52. The molecular formula is C19H29FN3O11P. The van der Waals surface area contributed by atoms with Gasteiger partial charge in [0.15, 0.2) is 12.1 Å². The molecule has 0 aromatic carbocycles. The second-order valence-corrected chi connectivity index (χ2v) is 10.1. The normalized spacial score (nSPS) is 26.4. The maximum absolute atomic E-state index is 15.2. The quantitative estimate of drug-likeness (QED) is 0.200. The van der Waals surface area contributed by atoms with Crippen LogP contribution < -0.4 is 11.0 Å². The lowest BCUT2D eigenvalue weighted by molar-refractivity contribution is -0.142. The van der Waals surface area contributed by atoms with Gasteiger partial charge in [-0.25, -0.2) is 9.18 Å². The van der Waals surface area contributed by atoms with E-state index in [2.05, 4.69) is 14.8 Å². The Labute approximate surface area is 199 Å². The number of aromatic nitrogens is 2. The Morgan fingerprint density at radius 3 is 2.51 bits per heavy atom. The van der Waals surface area contributed by atoms with Crippen LogP contribution in [0.1, 0.15) is 52.3 Å². The summed E-state index contributed by atoms with van der Waals surface area (Å²) in [5.41, 5.74) is -0.969. The predicted octanol–water partition coefficient (Wildman–Crippen LogP) is -0.110. The number of carbonyl (C=O) groups is 2. The molecule has 1 fully saturated rings. The summed E-state index contributed by atoms with van der Waals surface area (Å²) in [6, 6.07) is 0. The first-order chi connectivity index (χ1) is 16.1. The third kappa shape index (κ3) is 7.13. The summed E-state index contributed by atoms with van der Waals surface area (Å²) in [7, 11) is -4.78. The Hall–Kier alpha value is -2.26. The van der Waals surface area contributed by atoms with E-state index < -0.39 is 80.9 Å². The summed E-state index contributed by atoms with van der Waals surface area (Å²) in [4.78, 5) is 48.6. The van der Waals surface area contributed by atoms with Gasteiger partial charge in [-0.3, -0.25) is 23.2 Å². The van der Waals surface area contributed by atoms with Crippen LogP contribution in [0.3, 0.4) is 0 Å². The highest BCUT2D eigenvalue weighted by atomic mass is 31.2. The van der Waals surface area contributed by atoms with Gasteiger partial charge in [0.25, 0.3) is 0 Å². The van der Waals surface area contributed by atoms with Crippen LogP contribution in [0.5, 0.6) is 0 Å². The first kappa shape index (κ1) is 29.0. The number of aliphatic hydroxyl groups excluding tert-OH is 3. The molecule has 0 radical (unpaired) electrons. The Morgan fingerprint density at radius 2 is 2.00 bits per heavy atom. The van der Waals surface area contributed by atoms with Crippen molar-refractivity contribution in [3.05, 3.63) is 22.2 Å². The van der Waals surface area contributed by atoms with Crippen LogP contribution >= 0.6 is 7.60 Å². The van der Waals surface area contributed by atoms with Crippen molar-refractivity contribution in [1.82, 2.24) is 9.55 Å². The summed E-state index contributed by atoms with van der Waals surface area (Å²) < 4.78 is 43.0. The molecule has 3 unspecified atom stereocenters. The van der Waals surface area contributed by atoms with E-state index in [0.29, 0.717) is 0 Å². The Balaban J connectivity index is 2.36. The number of rotatable bonds is 10. The summed E-state index contributed by atoms with van der Waals surface area (Å²) in [5.74, 6) is -6.16. The van der Waals surface area contributed by atoms with Gasteiger partial charge in [0.05, 0.1) is 6.10 Å². The van der Waals surface area contributed by atoms with Crippen LogP contribution in [0.15, 0.2) is 11.0 Å². The number of ether oxygens (including phenoxy) is 2. The number of nitrogens with zero attached hydrogens (tertiary/aromatic N) is 2. The molecule has 198 valence electrons. The van der Waals surface area contributed by atoms with Gasteiger partial charge < -0.3 is 35.0 Å². The molecule has 5 N–H and O–H groups in total. The van der Waals surface area contributed by atoms with Crippen molar-refractivity contribution in [2.45, 2.75) is 83.4 Å². The van der Waals surface area contributed by atoms with Crippen LogP contribution in [0.25, 0.3) is 0 Å². The zero-order valence-corrected chi connectivity index (χ0v) is 20.3. The van der Waals surface area contributed by atoms with Crippen LogP contribution in [-0.4, -0.2) is 71.7 Å². The van der Waals surface area contributed by atoms with E-state index in [9.17, 15) is 39.2 Å². The predicted molar refractivity (Wildman–Crippen MR) is 116 cm³/mol. The molecule has 16 heteroatoms. The van der Waals surface area contributed by atoms with E-state index >= 15 is 4.39 Å². The van der Waals surface area contributed by atoms with Gasteiger partial charge in [0, 0.05) is 38.4 Å². The number of nitrogens with one attached hydrogen (secondary N) is 1. The first-order valence-electron chi connectivity index (χ1n) is 10.5. The van der Waals surface area contributed by atoms with Gasteiger partial charge >= 0.3 is 19.3 Å². The van der Waals surface area contributed by atoms with E-state index in [1.54, 1.807) is 0 Å². The molecule has 7 atom stereocenters. The monoisotopic (exact) mass is 525 g/mol. The topological polar surface area (TPSA) is 207 Å². The summed E-state index contributed by atoms with van der Waals surface area (Å²) >= 11 is 0. The second kappa shape index (κ2) is 11.2. The molecule has 1 aliphatic rings. The molecular weight excluding hydrogens is 496 g/mol. The highest BCUT2D eigenvalue weighted by molar-refractivity contribution is 7.53. The van der Waals surface area contributed by atoms with Crippen molar-refractivity contribution < 1.29 is 52.8 Å². The van der Waals surface area contributed by atoms with E-state index in [4.69, 9.17) is 9.47 Å². The molecule has 1 amide bonds. The Kier molecular flexibility index (Phi) is 9.27. The molecule has 1 saturated heterocycles. The molecule has 1 aliphatic heterocycles. The lowest BCUT2D eigenvalue weighted by atomic mass is 10.0. The van der Waals surface area contributed by atoms with Crippen molar-refractivity contribution in [2.24, 2.45) is 0 Å². The number of aliphatic hydroxyl groups is 3. The summed E-state index contributed by atoms with van der Waals surface area (Å²) in [6.45, 7) is 4.11. The molecule has 1 aromatic heterocycles. The zero-order chi connectivity index (χ0) is 26.7. The van der Waals surface area contributed by atoms with E-state index in [1.165, 1.54) is 6.92 Å². The van der Waals surface area contributed by atoms with Gasteiger partial charge in [0.1, 0.15) is 24.6 Å². The standard InChI is InChI=1S/C19H29FN3O11P/c1-5-19(20,34-35(30,31)11(4)26)6-13-14(27)15(28)17(33-13)23-7-12(8-32-10(3)25)16(21-9(2)24)22-18(23)29/h7,11,13-15,17,26-28H,5-6,8H2,1-4H3,(H,30,31)(H,21,22,24,29)/t11?,13-,14-,15-,17-,19?/m1/s1. The zero-order valence-electron chi connectivity index (χ0n) is 19.5. The van der Waals surface area contributed by atoms with Gasteiger partial charge in [-0.15, -0.1) is 0 Å². The average Bonchev–Trinajstić information content (AvgIpc) is 3.00. The third-order valence-electron chi connectivity index (χ3n) is 5.16. The van der Waals surface area contributed by atoms with Crippen molar-refractivity contribution in [3.63, 3.8) is 0 Å². The maximum Gasteiger partial charge on any atom is 0.358 e. The van der Waals surface area contributed by atoms with E-state index in [-0.39, 0.29) is 11.4 Å². The van der Waals surface area contributed by atoms with Crippen LogP contribution in [0.2, 0.25) is 0 Å². The van der Waals surface area contributed by atoms with Crippen LogP contribution in [-0.2, 0) is 34.8 Å². The molecule has 35 heavy (non-hydrogen) atoms. The lowest BCUT2D eigenvalue weighted by Gasteiger charge is -2.30. The third-order valence-corrected chi connectivity index (χ3v) is 6.70. The first-order valence-corrected chi connectivity index (χ1v) is 12.2. The van der Waals surface area contributed by atoms with Gasteiger partial charge in [-0.1, -0.05) is 6.92 Å². The number of halogens is 1. The molecule has 2 rings (SSSR count). The second-order valence-electron chi connectivity index (χ2n) is 8.04. The van der Waals surface area contributed by atoms with Gasteiger partial charge in [-0.05, 0) is 6.92 Å². The molecule has 0 aliphatic carbocycles. The maximum atomic E-state index is 15.2. The van der Waals surface area contributed by atoms with Gasteiger partial charge in [-0.2, -0.15) is 4.98 Å². The fourth-order valence-corrected chi connectivity index (χ4v) is 4.06. The number of hydrogen-bond donors (Lipinski definition) is 5. The highest BCUT2D eigenvalue weighted by Gasteiger charge is 2.50. The Bertz CT molecular complexity index is 1050. The number of carbonyl (C=O) groups excluding carboxylic acids is 2. The lowest BCUT2D eigenvalue weighted by Crippen LogP contribution is -2.38. The smallest absolute Gasteiger partial charge is 0.358 e. The number of anilines is 1. The summed E-state index contributed by atoms with van der Waals surface area (Å²) in [6.07, 6.45) is -6.84. The largest absolute Gasteiger partial charge is 0.461 e. The van der Waals surface area contributed by atoms with Crippen LogP contribution in [0.4, 0.5) is 10.2 Å². The molecule has 2 heterocycles. The number of hydrogen-bond acceptors (Lipinski definition) is 11. The van der Waals surface area contributed by atoms with E-state index in [0.717, 1.165) is 31.5 Å². The molecule has 0 spiro atoms. The van der Waals surface area contributed by atoms with E-state index in [1.807, 2.05) is 0 Å². The van der Waals surface area contributed by atoms with Crippen molar-refractivity contribution in [1.29, 1.82) is 0 Å². The minimum atomic E-state index is -4.78. The number of alkyl halides is 1. The molecule has 14 nitrogen and oxygen atoms in total. The van der Waals surface area contributed by atoms with Crippen molar-refractivity contribution in [2.75, 3.05) is 5.32 Å². The molecule has 1 aromatic rings. The van der Waals surface area contributed by atoms with Crippen LogP contribution in [0, 0.1) is 0 Å². The fraction of sp³-hybridized carbons (Fsp3) is 0.684. The fourth-order valence-electron chi connectivity index (χ4n) is 3.24. The number of esters is 1. The molecule has 0 saturated carbocycles. The molecule has 0 bridgehead atoms.